The van der Waals surface area contributed by atoms with E-state index in [0.717, 1.165) is 4.68 Å². The van der Waals surface area contributed by atoms with Crippen LogP contribution in [0.3, 0.4) is 0 Å². The largest absolute Gasteiger partial charge is 0.481 e. The molecule has 1 atom stereocenters. The number of nitrogens with zero attached hydrogens (tertiary/aromatic N) is 4. The Morgan fingerprint density at radius 1 is 1.36 bits per heavy atom. The number of benzene rings is 1. The Morgan fingerprint density at radius 2 is 2.04 bits per heavy atom. The third-order valence-corrected chi connectivity index (χ3v) is 4.44. The van der Waals surface area contributed by atoms with E-state index in [1.807, 2.05) is 0 Å². The second kappa shape index (κ2) is 6.52. The number of nitro benzene ring substituents is 1. The Hall–Kier alpha value is -2.94. The van der Waals surface area contributed by atoms with E-state index in [4.69, 9.17) is 16.7 Å². The van der Waals surface area contributed by atoms with Crippen LogP contribution in [-0.4, -0.2) is 38.9 Å². The Morgan fingerprint density at radius 3 is 2.60 bits per heavy atom. The van der Waals surface area contributed by atoms with E-state index in [9.17, 15) is 19.7 Å². The van der Waals surface area contributed by atoms with Gasteiger partial charge in [0.2, 0.25) is 0 Å². The lowest BCUT2D eigenvalue weighted by molar-refractivity contribution is -0.384. The second-order valence-corrected chi connectivity index (χ2v) is 5.98. The predicted octanol–water partition coefficient (Wildman–Crippen LogP) is 1.70. The number of anilines is 1. The Labute approximate surface area is 146 Å². The lowest BCUT2D eigenvalue weighted by Crippen LogP contribution is -2.28. The van der Waals surface area contributed by atoms with Gasteiger partial charge in [-0.1, -0.05) is 11.6 Å². The lowest BCUT2D eigenvalue weighted by Gasteiger charge is -2.19. The zero-order chi connectivity index (χ0) is 18.1. The van der Waals surface area contributed by atoms with Crippen LogP contribution in [0.2, 0.25) is 5.02 Å². The van der Waals surface area contributed by atoms with Gasteiger partial charge < -0.3 is 10.0 Å². The van der Waals surface area contributed by atoms with Gasteiger partial charge in [-0.3, -0.25) is 19.7 Å². The number of carboxylic acid groups (broad SMARTS) is 1. The number of non-ortho nitro benzene ring substituents is 1. The summed E-state index contributed by atoms with van der Waals surface area (Å²) in [4.78, 5) is 35.4. The zero-order valence-electron chi connectivity index (χ0n) is 12.8. The monoisotopic (exact) mass is 364 g/mol. The van der Waals surface area contributed by atoms with Gasteiger partial charge in [-0.05, 0) is 18.6 Å². The van der Waals surface area contributed by atoms with Crippen LogP contribution in [0.25, 0.3) is 5.69 Å². The van der Waals surface area contributed by atoms with Gasteiger partial charge in [0.05, 0.1) is 28.4 Å². The molecule has 10 heteroatoms. The van der Waals surface area contributed by atoms with Crippen LogP contribution in [0.4, 0.5) is 11.4 Å². The molecule has 0 amide bonds. The minimum atomic E-state index is -0.884. The summed E-state index contributed by atoms with van der Waals surface area (Å²) in [5.41, 5.74) is 0.0468. The molecule has 1 aromatic carbocycles. The number of hydrogen-bond acceptors (Lipinski definition) is 6. The minimum absolute atomic E-state index is 0.0700. The van der Waals surface area contributed by atoms with E-state index in [2.05, 4.69) is 5.10 Å². The normalized spacial score (nSPS) is 16.8. The number of aromatic nitrogens is 2. The molecule has 1 N–H and O–H groups in total. The highest BCUT2D eigenvalue weighted by Gasteiger charge is 2.30. The molecule has 130 valence electrons. The summed E-state index contributed by atoms with van der Waals surface area (Å²) in [5.74, 6) is -1.39. The fourth-order valence-corrected chi connectivity index (χ4v) is 2.97. The fraction of sp³-hybridized carbons (Fsp3) is 0.267. The number of hydrogen-bond donors (Lipinski definition) is 1. The summed E-state index contributed by atoms with van der Waals surface area (Å²) in [5, 5.41) is 23.7. The third-order valence-electron chi connectivity index (χ3n) is 4.08. The van der Waals surface area contributed by atoms with Crippen molar-refractivity contribution in [2.45, 2.75) is 6.42 Å². The molecule has 3 rings (SSSR count). The van der Waals surface area contributed by atoms with Crippen molar-refractivity contribution in [3.8, 4) is 5.69 Å². The van der Waals surface area contributed by atoms with Crippen molar-refractivity contribution < 1.29 is 14.8 Å². The average Bonchev–Trinajstić information content (AvgIpc) is 3.07. The molecule has 2 heterocycles. The van der Waals surface area contributed by atoms with Crippen LogP contribution in [0.15, 0.2) is 35.3 Å². The molecule has 0 radical (unpaired) electrons. The van der Waals surface area contributed by atoms with Crippen molar-refractivity contribution in [3.63, 3.8) is 0 Å². The van der Waals surface area contributed by atoms with Gasteiger partial charge in [-0.15, -0.1) is 0 Å². The molecule has 0 saturated carbocycles. The van der Waals surface area contributed by atoms with Crippen LogP contribution in [0, 0.1) is 16.0 Å². The lowest BCUT2D eigenvalue weighted by atomic mass is 10.1. The maximum atomic E-state index is 12.5. The van der Waals surface area contributed by atoms with Gasteiger partial charge in [-0.2, -0.15) is 9.78 Å². The first kappa shape index (κ1) is 16.9. The Balaban J connectivity index is 1.92. The molecule has 0 bridgehead atoms. The van der Waals surface area contributed by atoms with Gasteiger partial charge >= 0.3 is 5.97 Å². The highest BCUT2D eigenvalue weighted by Crippen LogP contribution is 2.28. The summed E-state index contributed by atoms with van der Waals surface area (Å²) in [6, 6.07) is 5.34. The first-order chi connectivity index (χ1) is 11.9. The number of nitro groups is 1. The first-order valence-corrected chi connectivity index (χ1v) is 7.76. The molecule has 0 spiro atoms. The van der Waals surface area contributed by atoms with Crippen molar-refractivity contribution in [2.75, 3.05) is 18.0 Å². The third kappa shape index (κ3) is 3.18. The molecule has 1 aliphatic heterocycles. The number of aliphatic carboxylic acids is 1. The van der Waals surface area contributed by atoms with Crippen LogP contribution < -0.4 is 10.5 Å². The molecule has 1 aliphatic rings. The van der Waals surface area contributed by atoms with Gasteiger partial charge in [0.1, 0.15) is 5.02 Å². The van der Waals surface area contributed by atoms with Crippen LogP contribution in [0.5, 0.6) is 0 Å². The van der Waals surface area contributed by atoms with E-state index < -0.39 is 22.4 Å². The summed E-state index contributed by atoms with van der Waals surface area (Å²) >= 11 is 6.17. The molecule has 1 unspecified atom stereocenters. The smallest absolute Gasteiger partial charge is 0.308 e. The molecular formula is C15H13ClN4O5. The number of rotatable bonds is 4. The van der Waals surface area contributed by atoms with Crippen LogP contribution in [-0.2, 0) is 4.79 Å². The summed E-state index contributed by atoms with van der Waals surface area (Å²) in [6.45, 7) is 0.733. The van der Waals surface area contributed by atoms with E-state index in [1.165, 1.54) is 30.5 Å². The van der Waals surface area contributed by atoms with E-state index >= 15 is 0 Å². The zero-order valence-corrected chi connectivity index (χ0v) is 13.6. The van der Waals surface area contributed by atoms with Crippen LogP contribution in [0.1, 0.15) is 6.42 Å². The van der Waals surface area contributed by atoms with Gasteiger partial charge in [0.15, 0.2) is 0 Å². The fourth-order valence-electron chi connectivity index (χ4n) is 2.72. The van der Waals surface area contributed by atoms with Crippen molar-refractivity contribution in [2.24, 2.45) is 5.92 Å². The van der Waals surface area contributed by atoms with E-state index in [-0.39, 0.29) is 17.3 Å². The quantitative estimate of drug-likeness (QED) is 0.647. The average molecular weight is 365 g/mol. The summed E-state index contributed by atoms with van der Waals surface area (Å²) < 4.78 is 1.04. The molecule has 25 heavy (non-hydrogen) atoms. The summed E-state index contributed by atoms with van der Waals surface area (Å²) in [6.07, 6.45) is 1.87. The van der Waals surface area contributed by atoms with Gasteiger partial charge in [-0.25, -0.2) is 0 Å². The number of halogens is 1. The van der Waals surface area contributed by atoms with Crippen molar-refractivity contribution in [1.29, 1.82) is 0 Å². The van der Waals surface area contributed by atoms with E-state index in [1.54, 1.807) is 4.90 Å². The number of carbonyl (C=O) groups is 1. The highest BCUT2D eigenvalue weighted by molar-refractivity contribution is 6.33. The van der Waals surface area contributed by atoms with Gasteiger partial charge in [0.25, 0.3) is 11.2 Å². The number of carboxylic acids is 1. The maximum Gasteiger partial charge on any atom is 0.308 e. The second-order valence-electron chi connectivity index (χ2n) is 5.60. The van der Waals surface area contributed by atoms with Crippen LogP contribution >= 0.6 is 11.6 Å². The minimum Gasteiger partial charge on any atom is -0.481 e. The van der Waals surface area contributed by atoms with Crippen molar-refractivity contribution >= 4 is 28.9 Å². The summed E-state index contributed by atoms with van der Waals surface area (Å²) in [7, 11) is 0. The van der Waals surface area contributed by atoms with Crippen molar-refractivity contribution in [1.82, 2.24) is 9.78 Å². The maximum absolute atomic E-state index is 12.5. The highest BCUT2D eigenvalue weighted by atomic mass is 35.5. The molecule has 1 fully saturated rings. The van der Waals surface area contributed by atoms with Crippen molar-refractivity contribution in [3.05, 3.63) is 56.0 Å². The van der Waals surface area contributed by atoms with E-state index in [0.29, 0.717) is 24.3 Å². The standard InChI is InChI=1S/C15H13ClN4O5/c16-13-12(18-6-5-9(8-18)15(22)23)7-17-19(14(13)21)10-1-3-11(4-2-10)20(24)25/h1-4,7,9H,5-6,8H2,(H,22,23). The molecule has 9 nitrogen and oxygen atoms in total. The molecule has 2 aromatic rings. The Kier molecular flexibility index (Phi) is 4.41. The topological polar surface area (TPSA) is 119 Å². The molecular weight excluding hydrogens is 352 g/mol. The van der Waals surface area contributed by atoms with Gasteiger partial charge in [0, 0.05) is 25.2 Å². The first-order valence-electron chi connectivity index (χ1n) is 7.39. The Bertz CT molecular complexity index is 896. The SMILES string of the molecule is O=C(O)C1CCN(c2cnn(-c3ccc([N+](=O)[O-])cc3)c(=O)c2Cl)C1. The predicted molar refractivity (Wildman–Crippen MR) is 89.5 cm³/mol. The molecule has 1 saturated heterocycles. The molecule has 0 aliphatic carbocycles. The molecule has 1 aromatic heterocycles.